The van der Waals surface area contributed by atoms with Gasteiger partial charge in [0.15, 0.2) is 5.82 Å². The van der Waals surface area contributed by atoms with E-state index in [2.05, 4.69) is 15.4 Å². The van der Waals surface area contributed by atoms with Crippen LogP contribution >= 0.6 is 0 Å². The van der Waals surface area contributed by atoms with Crippen molar-refractivity contribution in [3.8, 4) is 11.4 Å². The topological polar surface area (TPSA) is 76.9 Å². The first kappa shape index (κ1) is 17.6. The van der Waals surface area contributed by atoms with Crippen molar-refractivity contribution in [2.24, 2.45) is 0 Å². The molecule has 6 heteroatoms. The Morgan fingerprint density at radius 3 is 2.46 bits per heavy atom. The van der Waals surface area contributed by atoms with Crippen molar-refractivity contribution in [1.29, 1.82) is 0 Å². The number of benzene rings is 2. The Labute approximate surface area is 161 Å². The van der Waals surface area contributed by atoms with Crippen LogP contribution in [0, 0.1) is 13.8 Å². The second-order valence-electron chi connectivity index (χ2n) is 6.57. The molecule has 0 atom stereocenters. The van der Waals surface area contributed by atoms with Gasteiger partial charge in [0, 0.05) is 23.5 Å². The quantitative estimate of drug-likeness (QED) is 0.599. The molecule has 0 spiro atoms. The molecule has 0 fully saturated rings. The van der Waals surface area contributed by atoms with Gasteiger partial charge in [-0.2, -0.15) is 4.68 Å². The van der Waals surface area contributed by atoms with Crippen LogP contribution in [0.25, 0.3) is 22.3 Å². The Kier molecular flexibility index (Phi) is 4.45. The summed E-state index contributed by atoms with van der Waals surface area (Å²) in [4.78, 5) is 34.6. The van der Waals surface area contributed by atoms with Crippen LogP contribution in [-0.4, -0.2) is 20.6 Å². The van der Waals surface area contributed by atoms with Crippen LogP contribution in [0.3, 0.4) is 0 Å². The number of amides is 1. The second kappa shape index (κ2) is 7.08. The number of aromatic nitrogens is 3. The number of hydrogen-bond donors (Lipinski definition) is 1. The average Bonchev–Trinajstić information content (AvgIpc) is 2.72. The standard InChI is InChI=1S/C22H18N4O2/c1-14-7-8-17(13-15(14)2)21(27)25-26-20(16-9-11-23-12-10-16)24-19-6-4-3-5-18(19)22(26)28/h3-13H,1-2H3,(H,25,27). The fraction of sp³-hybridized carbons (Fsp3) is 0.0909. The molecule has 0 unspecified atom stereocenters. The average molecular weight is 370 g/mol. The van der Waals surface area contributed by atoms with E-state index in [0.717, 1.165) is 11.1 Å². The van der Waals surface area contributed by atoms with E-state index in [1.807, 2.05) is 26.0 Å². The summed E-state index contributed by atoms with van der Waals surface area (Å²) in [6.45, 7) is 3.93. The zero-order chi connectivity index (χ0) is 19.7. The van der Waals surface area contributed by atoms with Crippen LogP contribution < -0.4 is 11.0 Å². The second-order valence-corrected chi connectivity index (χ2v) is 6.57. The van der Waals surface area contributed by atoms with Gasteiger partial charge in [-0.15, -0.1) is 0 Å². The van der Waals surface area contributed by atoms with Crippen LogP contribution in [0.2, 0.25) is 0 Å². The fourth-order valence-corrected chi connectivity index (χ4v) is 2.98. The van der Waals surface area contributed by atoms with Gasteiger partial charge in [0.2, 0.25) is 0 Å². The lowest BCUT2D eigenvalue weighted by Crippen LogP contribution is -2.35. The molecule has 0 aliphatic rings. The maximum atomic E-state index is 13.1. The van der Waals surface area contributed by atoms with E-state index in [1.165, 1.54) is 4.68 Å². The van der Waals surface area contributed by atoms with Crippen LogP contribution in [0.5, 0.6) is 0 Å². The molecule has 2 heterocycles. The molecule has 0 bridgehead atoms. The molecule has 28 heavy (non-hydrogen) atoms. The Hall–Kier alpha value is -3.80. The van der Waals surface area contributed by atoms with Gasteiger partial charge in [0.25, 0.3) is 11.5 Å². The summed E-state index contributed by atoms with van der Waals surface area (Å²) in [5.41, 5.74) is 6.20. The number of pyridine rings is 1. The monoisotopic (exact) mass is 370 g/mol. The summed E-state index contributed by atoms with van der Waals surface area (Å²) in [5, 5.41) is 0.431. The summed E-state index contributed by atoms with van der Waals surface area (Å²) in [6.07, 6.45) is 3.23. The molecular formula is C22H18N4O2. The van der Waals surface area contributed by atoms with E-state index in [-0.39, 0.29) is 11.5 Å². The third-order valence-electron chi connectivity index (χ3n) is 4.70. The van der Waals surface area contributed by atoms with Gasteiger partial charge in [-0.25, -0.2) is 4.98 Å². The van der Waals surface area contributed by atoms with Crippen molar-refractivity contribution < 1.29 is 4.79 Å². The number of aryl methyl sites for hydroxylation is 2. The number of para-hydroxylation sites is 1. The van der Waals surface area contributed by atoms with Crippen molar-refractivity contribution in [1.82, 2.24) is 14.6 Å². The van der Waals surface area contributed by atoms with Gasteiger partial charge >= 0.3 is 0 Å². The van der Waals surface area contributed by atoms with E-state index in [0.29, 0.717) is 27.9 Å². The van der Waals surface area contributed by atoms with Crippen LogP contribution in [0.4, 0.5) is 0 Å². The fourth-order valence-electron chi connectivity index (χ4n) is 2.98. The molecule has 2 aromatic heterocycles. The molecule has 6 nitrogen and oxygen atoms in total. The minimum absolute atomic E-state index is 0.338. The Morgan fingerprint density at radius 1 is 0.964 bits per heavy atom. The highest BCUT2D eigenvalue weighted by Gasteiger charge is 2.16. The number of hydrogen-bond acceptors (Lipinski definition) is 4. The summed E-state index contributed by atoms with van der Waals surface area (Å²) in [5.74, 6) is -0.0270. The third kappa shape index (κ3) is 3.16. The lowest BCUT2D eigenvalue weighted by Gasteiger charge is -2.15. The minimum Gasteiger partial charge on any atom is -0.267 e. The zero-order valence-electron chi connectivity index (χ0n) is 15.5. The van der Waals surface area contributed by atoms with Gasteiger partial charge in [0.05, 0.1) is 10.9 Å². The number of fused-ring (bicyclic) bond motifs is 1. The third-order valence-corrected chi connectivity index (χ3v) is 4.70. The lowest BCUT2D eigenvalue weighted by molar-refractivity contribution is 0.101. The molecule has 1 amide bonds. The number of nitrogens with one attached hydrogen (secondary N) is 1. The maximum absolute atomic E-state index is 13.1. The molecule has 4 aromatic rings. The molecule has 0 saturated heterocycles. The van der Waals surface area contributed by atoms with Crippen molar-refractivity contribution in [2.75, 3.05) is 5.43 Å². The summed E-state index contributed by atoms with van der Waals surface area (Å²) < 4.78 is 1.20. The largest absolute Gasteiger partial charge is 0.280 e. The van der Waals surface area contributed by atoms with Gasteiger partial charge in [-0.05, 0) is 61.4 Å². The smallest absolute Gasteiger partial charge is 0.267 e. The highest BCUT2D eigenvalue weighted by atomic mass is 16.2. The number of carbonyl (C=O) groups is 1. The first-order chi connectivity index (χ1) is 13.5. The van der Waals surface area contributed by atoms with E-state index in [1.54, 1.807) is 54.9 Å². The van der Waals surface area contributed by atoms with E-state index in [9.17, 15) is 9.59 Å². The highest BCUT2D eigenvalue weighted by molar-refractivity contribution is 6.00. The number of rotatable bonds is 3. The molecule has 0 radical (unpaired) electrons. The Bertz CT molecular complexity index is 1250. The van der Waals surface area contributed by atoms with Crippen molar-refractivity contribution in [3.63, 3.8) is 0 Å². The van der Waals surface area contributed by atoms with Crippen molar-refractivity contribution in [3.05, 3.63) is 94.0 Å². The summed E-state index contributed by atoms with van der Waals surface area (Å²) >= 11 is 0. The lowest BCUT2D eigenvalue weighted by atomic mass is 10.1. The molecular weight excluding hydrogens is 352 g/mol. The van der Waals surface area contributed by atoms with E-state index >= 15 is 0 Å². The van der Waals surface area contributed by atoms with Crippen molar-refractivity contribution in [2.45, 2.75) is 13.8 Å². The maximum Gasteiger partial charge on any atom is 0.280 e. The minimum atomic E-state index is -0.377. The first-order valence-electron chi connectivity index (χ1n) is 8.85. The van der Waals surface area contributed by atoms with Gasteiger partial charge in [-0.1, -0.05) is 18.2 Å². The number of nitrogens with zero attached hydrogens (tertiary/aromatic N) is 3. The van der Waals surface area contributed by atoms with Crippen molar-refractivity contribution >= 4 is 16.8 Å². The molecule has 4 rings (SSSR count). The zero-order valence-corrected chi connectivity index (χ0v) is 15.5. The predicted molar refractivity (Wildman–Crippen MR) is 109 cm³/mol. The molecule has 138 valence electrons. The summed E-state index contributed by atoms with van der Waals surface area (Å²) in [6, 6.07) is 16.0. The number of carbonyl (C=O) groups excluding carboxylic acids is 1. The van der Waals surface area contributed by atoms with Gasteiger partial charge < -0.3 is 0 Å². The molecule has 0 aliphatic heterocycles. The van der Waals surface area contributed by atoms with Crippen LogP contribution in [0.15, 0.2) is 71.8 Å². The SMILES string of the molecule is Cc1ccc(C(=O)Nn2c(-c3ccncc3)nc3ccccc3c2=O)cc1C. The van der Waals surface area contributed by atoms with Crippen LogP contribution in [0.1, 0.15) is 21.5 Å². The Balaban J connectivity index is 1.87. The Morgan fingerprint density at radius 2 is 1.71 bits per heavy atom. The van der Waals surface area contributed by atoms with E-state index < -0.39 is 0 Å². The predicted octanol–water partition coefficient (Wildman–Crippen LogP) is 3.46. The highest BCUT2D eigenvalue weighted by Crippen LogP contribution is 2.18. The molecule has 2 aromatic carbocycles. The van der Waals surface area contributed by atoms with E-state index in [4.69, 9.17) is 0 Å². The molecule has 0 saturated carbocycles. The van der Waals surface area contributed by atoms with Crippen LogP contribution in [-0.2, 0) is 0 Å². The van der Waals surface area contributed by atoms with Gasteiger partial charge in [0.1, 0.15) is 0 Å². The molecule has 1 N–H and O–H groups in total. The van der Waals surface area contributed by atoms with Gasteiger partial charge in [-0.3, -0.25) is 20.0 Å². The first-order valence-corrected chi connectivity index (χ1v) is 8.85. The summed E-state index contributed by atoms with van der Waals surface area (Å²) in [7, 11) is 0. The molecule has 0 aliphatic carbocycles. The normalized spacial score (nSPS) is 10.8.